The third kappa shape index (κ3) is 3.34. The molecule has 0 amide bonds. The van der Waals surface area contributed by atoms with Gasteiger partial charge in [-0.05, 0) is 68.2 Å². The molecule has 2 N–H and O–H groups in total. The molecule has 9 heteroatoms. The average molecular weight is 445 g/mol. The summed E-state index contributed by atoms with van der Waals surface area (Å²) in [5.41, 5.74) is 0.961. The number of aromatic nitrogens is 2. The van der Waals surface area contributed by atoms with Crippen LogP contribution in [0.2, 0.25) is 0 Å². The molecule has 1 aromatic carbocycles. The molecule has 0 unspecified atom stereocenters. The fraction of sp³-hybridized carbons (Fsp3) is 0.545. The van der Waals surface area contributed by atoms with Crippen molar-refractivity contribution in [3.63, 3.8) is 0 Å². The SMILES string of the molecule is O=c1[nH]sc2c1c(=O)c1cc(OCF)c(N3CC[C@@H](CNC4CC4)C3)cc1n2C1CC1. The van der Waals surface area contributed by atoms with Crippen LogP contribution in [0.1, 0.15) is 38.1 Å². The van der Waals surface area contributed by atoms with Gasteiger partial charge < -0.3 is 19.5 Å². The highest BCUT2D eigenvalue weighted by Crippen LogP contribution is 2.42. The fourth-order valence-corrected chi connectivity index (χ4v) is 5.73. The molecule has 7 nitrogen and oxygen atoms in total. The van der Waals surface area contributed by atoms with Crippen LogP contribution in [-0.2, 0) is 0 Å². The molecule has 0 spiro atoms. The van der Waals surface area contributed by atoms with Gasteiger partial charge in [0.1, 0.15) is 16.0 Å². The molecule has 1 atom stereocenters. The lowest BCUT2D eigenvalue weighted by molar-refractivity contribution is 0.192. The van der Waals surface area contributed by atoms with Crippen LogP contribution in [-0.4, -0.2) is 41.5 Å². The Hall–Kier alpha value is -2.39. The van der Waals surface area contributed by atoms with Gasteiger partial charge >= 0.3 is 0 Å². The van der Waals surface area contributed by atoms with Gasteiger partial charge in [0.15, 0.2) is 0 Å². The lowest BCUT2D eigenvalue weighted by atomic mass is 10.1. The van der Waals surface area contributed by atoms with E-state index in [1.165, 1.54) is 24.4 Å². The molecule has 1 saturated heterocycles. The Bertz CT molecular complexity index is 1270. The summed E-state index contributed by atoms with van der Waals surface area (Å²) >= 11 is 1.22. The molecule has 164 valence electrons. The summed E-state index contributed by atoms with van der Waals surface area (Å²) in [7, 11) is 0. The van der Waals surface area contributed by atoms with Crippen LogP contribution in [0.5, 0.6) is 5.75 Å². The van der Waals surface area contributed by atoms with Crippen LogP contribution in [0.15, 0.2) is 21.7 Å². The normalized spacial score (nSPS) is 21.5. The molecule has 3 fully saturated rings. The van der Waals surface area contributed by atoms with E-state index in [2.05, 4.69) is 19.2 Å². The summed E-state index contributed by atoms with van der Waals surface area (Å²) in [6, 6.07) is 4.58. The smallest absolute Gasteiger partial charge is 0.271 e. The number of nitrogens with zero attached hydrogens (tertiary/aromatic N) is 2. The van der Waals surface area contributed by atoms with Crippen molar-refractivity contribution < 1.29 is 9.13 Å². The number of benzene rings is 1. The lowest BCUT2D eigenvalue weighted by Crippen LogP contribution is -2.28. The van der Waals surface area contributed by atoms with Gasteiger partial charge in [-0.25, -0.2) is 4.39 Å². The molecule has 3 aliphatic rings. The maximum absolute atomic E-state index is 13.2. The standard InChI is InChI=1S/C22H25FN4O3S/c23-11-30-18-7-15-16(8-17(18)26-6-5-12(10-26)9-24-13-1-2-13)27(14-3-4-14)22-19(20(15)28)21(29)25-31-22/h7-8,12-14,24H,1-6,9-11H2,(H,25,29)/t12-/m0/s1. The minimum atomic E-state index is -0.961. The second-order valence-corrected chi connectivity index (χ2v) is 9.81. The van der Waals surface area contributed by atoms with E-state index >= 15 is 0 Å². The molecule has 2 saturated carbocycles. The first-order valence-corrected chi connectivity index (χ1v) is 11.9. The Morgan fingerprint density at radius 1 is 1.19 bits per heavy atom. The monoisotopic (exact) mass is 444 g/mol. The van der Waals surface area contributed by atoms with E-state index in [-0.39, 0.29) is 22.4 Å². The van der Waals surface area contributed by atoms with E-state index in [9.17, 15) is 14.0 Å². The first kappa shape index (κ1) is 19.3. The van der Waals surface area contributed by atoms with E-state index in [1.807, 2.05) is 6.07 Å². The molecule has 3 heterocycles. The number of anilines is 1. The van der Waals surface area contributed by atoms with Gasteiger partial charge in [0.25, 0.3) is 5.56 Å². The van der Waals surface area contributed by atoms with Crippen LogP contribution in [0, 0.1) is 5.92 Å². The summed E-state index contributed by atoms with van der Waals surface area (Å²) in [6.07, 6.45) is 5.66. The number of aromatic amines is 1. The number of fused-ring (bicyclic) bond motifs is 2. The predicted molar refractivity (Wildman–Crippen MR) is 120 cm³/mol. The highest BCUT2D eigenvalue weighted by atomic mass is 32.1. The molecule has 1 aliphatic heterocycles. The van der Waals surface area contributed by atoms with E-state index in [0.29, 0.717) is 27.9 Å². The van der Waals surface area contributed by atoms with Crippen molar-refractivity contribution in [2.45, 2.75) is 44.2 Å². The van der Waals surface area contributed by atoms with E-state index in [0.717, 1.165) is 50.1 Å². The summed E-state index contributed by atoms with van der Waals surface area (Å²) in [6.45, 7) is 1.79. The van der Waals surface area contributed by atoms with Gasteiger partial charge in [-0.1, -0.05) is 0 Å². The second kappa shape index (κ2) is 7.34. The molecule has 6 rings (SSSR count). The Balaban J connectivity index is 1.47. The van der Waals surface area contributed by atoms with Crippen molar-refractivity contribution in [3.05, 3.63) is 32.7 Å². The van der Waals surface area contributed by atoms with Gasteiger partial charge in [-0.15, -0.1) is 0 Å². The predicted octanol–water partition coefficient (Wildman–Crippen LogP) is 3.12. The van der Waals surface area contributed by atoms with Crippen molar-refractivity contribution in [1.29, 1.82) is 0 Å². The summed E-state index contributed by atoms with van der Waals surface area (Å²) in [4.78, 5) is 28.4. The van der Waals surface area contributed by atoms with E-state index < -0.39 is 6.86 Å². The summed E-state index contributed by atoms with van der Waals surface area (Å²) in [5.74, 6) is 0.911. The van der Waals surface area contributed by atoms with Gasteiger partial charge in [-0.2, -0.15) is 0 Å². The van der Waals surface area contributed by atoms with Crippen molar-refractivity contribution in [1.82, 2.24) is 14.3 Å². The number of pyridine rings is 1. The highest BCUT2D eigenvalue weighted by Gasteiger charge is 2.31. The Morgan fingerprint density at radius 3 is 2.77 bits per heavy atom. The van der Waals surface area contributed by atoms with Crippen molar-refractivity contribution >= 4 is 38.3 Å². The van der Waals surface area contributed by atoms with Crippen LogP contribution >= 0.6 is 11.5 Å². The zero-order valence-corrected chi connectivity index (χ0v) is 18.0. The number of hydrogen-bond acceptors (Lipinski definition) is 6. The maximum Gasteiger partial charge on any atom is 0.271 e. The number of rotatable bonds is 7. The molecule has 0 bridgehead atoms. The first-order chi connectivity index (χ1) is 15.1. The molecule has 31 heavy (non-hydrogen) atoms. The quantitative estimate of drug-likeness (QED) is 0.585. The van der Waals surface area contributed by atoms with Crippen molar-refractivity contribution in [3.8, 4) is 5.75 Å². The lowest BCUT2D eigenvalue weighted by Gasteiger charge is -2.23. The zero-order chi connectivity index (χ0) is 21.1. The first-order valence-electron chi connectivity index (χ1n) is 11.0. The zero-order valence-electron chi connectivity index (χ0n) is 17.2. The van der Waals surface area contributed by atoms with Crippen LogP contribution < -0.4 is 25.9 Å². The van der Waals surface area contributed by atoms with Crippen molar-refractivity contribution in [2.75, 3.05) is 31.4 Å². The van der Waals surface area contributed by atoms with E-state index in [4.69, 9.17) is 4.74 Å². The van der Waals surface area contributed by atoms with Crippen LogP contribution in [0.4, 0.5) is 10.1 Å². The highest BCUT2D eigenvalue weighted by molar-refractivity contribution is 7.12. The topological polar surface area (TPSA) is 79.4 Å². The summed E-state index contributed by atoms with van der Waals surface area (Å²) < 4.78 is 23.4. The Labute approximate surface area is 181 Å². The number of halogens is 1. The molecule has 0 radical (unpaired) electrons. The number of alkyl halides is 1. The fourth-order valence-electron chi connectivity index (χ4n) is 4.80. The number of hydrogen-bond donors (Lipinski definition) is 2. The largest absolute Gasteiger partial charge is 0.461 e. The minimum absolute atomic E-state index is 0.190. The van der Waals surface area contributed by atoms with Gasteiger partial charge in [-0.3, -0.25) is 14.0 Å². The Kier molecular flexibility index (Phi) is 4.57. The second-order valence-electron chi connectivity index (χ2n) is 9.02. The third-order valence-corrected chi connectivity index (χ3v) is 7.61. The number of nitrogens with one attached hydrogen (secondary N) is 2. The van der Waals surface area contributed by atoms with Gasteiger partial charge in [0, 0.05) is 25.2 Å². The number of H-pyrrole nitrogens is 1. The van der Waals surface area contributed by atoms with Gasteiger partial charge in [0.2, 0.25) is 12.3 Å². The van der Waals surface area contributed by atoms with Crippen molar-refractivity contribution in [2.24, 2.45) is 5.92 Å². The Morgan fingerprint density at radius 2 is 2.03 bits per heavy atom. The maximum atomic E-state index is 13.2. The number of ether oxygens (including phenoxy) is 1. The molecular formula is C22H25FN4O3S. The van der Waals surface area contributed by atoms with Crippen LogP contribution in [0.3, 0.4) is 0 Å². The average Bonchev–Trinajstić information content (AvgIpc) is 3.69. The molecule has 2 aliphatic carbocycles. The molecule has 2 aromatic heterocycles. The minimum Gasteiger partial charge on any atom is -0.461 e. The molecular weight excluding hydrogens is 419 g/mol. The third-order valence-electron chi connectivity index (χ3n) is 6.73. The van der Waals surface area contributed by atoms with Crippen LogP contribution in [0.25, 0.3) is 21.1 Å². The summed E-state index contributed by atoms with van der Waals surface area (Å²) in [5, 5.41) is 4.22. The van der Waals surface area contributed by atoms with Gasteiger partial charge in [0.05, 0.1) is 16.6 Å². The molecule has 3 aromatic rings. The van der Waals surface area contributed by atoms with E-state index in [1.54, 1.807) is 6.07 Å².